The lowest BCUT2D eigenvalue weighted by Gasteiger charge is -2.28. The molecule has 3 aromatic heterocycles. The van der Waals surface area contributed by atoms with Gasteiger partial charge in [0.15, 0.2) is 17.4 Å². The molecule has 176 valence electrons. The molecule has 0 bridgehead atoms. The van der Waals surface area contributed by atoms with E-state index in [1.165, 1.54) is 0 Å². The Morgan fingerprint density at radius 3 is 2.79 bits per heavy atom. The van der Waals surface area contributed by atoms with Crippen LogP contribution in [0.25, 0.3) is 18.0 Å². The zero-order valence-electron chi connectivity index (χ0n) is 18.8. The van der Waals surface area contributed by atoms with Gasteiger partial charge in [0, 0.05) is 42.9 Å². The molecule has 4 heterocycles. The predicted octanol–water partition coefficient (Wildman–Crippen LogP) is 5.04. The minimum absolute atomic E-state index is 0.0375. The number of methoxy groups -OCH3 is 1. The third kappa shape index (κ3) is 4.15. The molecule has 1 aliphatic heterocycles. The Kier molecular flexibility index (Phi) is 5.80. The van der Waals surface area contributed by atoms with Gasteiger partial charge in [0.1, 0.15) is 30.0 Å². The summed E-state index contributed by atoms with van der Waals surface area (Å²) in [6.07, 6.45) is 8.61. The van der Waals surface area contributed by atoms with Crippen LogP contribution in [0, 0.1) is 6.92 Å². The number of ether oxygens (including phenoxy) is 1. The third-order valence-electron chi connectivity index (χ3n) is 5.99. The lowest BCUT2D eigenvalue weighted by molar-refractivity contribution is 0.309. The fraction of sp³-hybridized carbons (Fsp3) is 0.333. The highest BCUT2D eigenvalue weighted by molar-refractivity contribution is 5.67. The fourth-order valence-electron chi connectivity index (χ4n) is 4.43. The summed E-state index contributed by atoms with van der Waals surface area (Å²) < 4.78 is 51.4. The van der Waals surface area contributed by atoms with Crippen molar-refractivity contribution < 1.29 is 17.9 Å². The van der Waals surface area contributed by atoms with Crippen LogP contribution >= 0.6 is 0 Å². The summed E-state index contributed by atoms with van der Waals surface area (Å²) in [5, 5.41) is 4.48. The van der Waals surface area contributed by atoms with E-state index in [0.717, 1.165) is 17.3 Å². The number of aromatic nitrogens is 6. The second kappa shape index (κ2) is 8.92. The van der Waals surface area contributed by atoms with Crippen LogP contribution in [-0.2, 0) is 6.54 Å². The Morgan fingerprint density at radius 1 is 1.21 bits per heavy atom. The van der Waals surface area contributed by atoms with Gasteiger partial charge in [-0.3, -0.25) is 4.57 Å². The van der Waals surface area contributed by atoms with Crippen LogP contribution in [0.3, 0.4) is 0 Å². The molecule has 10 heteroatoms. The van der Waals surface area contributed by atoms with Crippen molar-refractivity contribution in [2.24, 2.45) is 0 Å². The fourth-order valence-corrected chi connectivity index (χ4v) is 4.43. The second-order valence-corrected chi connectivity index (χ2v) is 8.36. The van der Waals surface area contributed by atoms with Crippen LogP contribution in [0.4, 0.5) is 13.2 Å². The molecule has 1 aliphatic carbocycles. The minimum Gasteiger partial charge on any atom is -0.493 e. The molecular formula is C24H23F3N6O. The Hall–Kier alpha value is -3.69. The number of nitrogens with zero attached hydrogens (tertiary/aromatic N) is 6. The summed E-state index contributed by atoms with van der Waals surface area (Å²) in [6.45, 7) is 2.50. The predicted molar refractivity (Wildman–Crippen MR) is 120 cm³/mol. The molecular weight excluding hydrogens is 445 g/mol. The Labute approximate surface area is 194 Å². The van der Waals surface area contributed by atoms with Gasteiger partial charge in [-0.2, -0.15) is 5.10 Å². The molecule has 0 amide bonds. The van der Waals surface area contributed by atoms with Crippen molar-refractivity contribution in [1.82, 2.24) is 29.3 Å². The van der Waals surface area contributed by atoms with Crippen molar-refractivity contribution in [3.8, 4) is 11.6 Å². The van der Waals surface area contributed by atoms with E-state index in [2.05, 4.69) is 20.1 Å². The summed E-state index contributed by atoms with van der Waals surface area (Å²) in [4.78, 5) is 13.2. The average Bonchev–Trinajstić information content (AvgIpc) is 3.43. The van der Waals surface area contributed by atoms with E-state index in [0.29, 0.717) is 42.6 Å². The maximum atomic E-state index is 14.6. The Morgan fingerprint density at radius 2 is 2.06 bits per heavy atom. The van der Waals surface area contributed by atoms with Crippen LogP contribution in [0.5, 0.6) is 5.75 Å². The van der Waals surface area contributed by atoms with E-state index in [9.17, 15) is 13.2 Å². The first kappa shape index (κ1) is 22.1. The first-order valence-corrected chi connectivity index (χ1v) is 11.0. The molecule has 2 aliphatic rings. The zero-order chi connectivity index (χ0) is 23.8. The van der Waals surface area contributed by atoms with Crippen LogP contribution in [0.2, 0.25) is 0 Å². The van der Waals surface area contributed by atoms with Gasteiger partial charge in [-0.1, -0.05) is 0 Å². The SMILES string of the molecule is COc1cc(/C=C/c2nc3n(n2)CCC[C@@H]3C2=C(F)C=C(F)CC2F)cnc1-n1cnc(C)c1. The molecule has 3 aromatic rings. The molecule has 5 rings (SSSR count). The van der Waals surface area contributed by atoms with Gasteiger partial charge < -0.3 is 4.74 Å². The van der Waals surface area contributed by atoms with Gasteiger partial charge in [0.25, 0.3) is 0 Å². The summed E-state index contributed by atoms with van der Waals surface area (Å²) in [5.74, 6) is -0.0880. The molecule has 2 atom stereocenters. The quantitative estimate of drug-likeness (QED) is 0.525. The lowest BCUT2D eigenvalue weighted by Crippen LogP contribution is -2.24. The van der Waals surface area contributed by atoms with E-state index in [-0.39, 0.29) is 5.57 Å². The second-order valence-electron chi connectivity index (χ2n) is 8.36. The molecule has 0 radical (unpaired) electrons. The van der Waals surface area contributed by atoms with Crippen LogP contribution in [0.15, 0.2) is 48.1 Å². The Balaban J connectivity index is 1.42. The van der Waals surface area contributed by atoms with Gasteiger partial charge in [-0.15, -0.1) is 0 Å². The standard InChI is InChI=1S/C24H23F3N6O/c1-14-12-32(13-29-14)24-20(34-2)8-15(11-28-24)5-6-21-30-23-17(4-3-7-33(23)31-21)22-18(26)9-16(25)10-19(22)27/h5-6,8-9,11-13,17,19H,3-4,7,10H2,1-2H3/b6-5+/t17-,19?/m1/s1. The summed E-state index contributed by atoms with van der Waals surface area (Å²) in [7, 11) is 1.57. The molecule has 34 heavy (non-hydrogen) atoms. The third-order valence-corrected chi connectivity index (χ3v) is 5.99. The highest BCUT2D eigenvalue weighted by Gasteiger charge is 2.35. The molecule has 0 saturated heterocycles. The summed E-state index contributed by atoms with van der Waals surface area (Å²) >= 11 is 0. The highest BCUT2D eigenvalue weighted by atomic mass is 19.2. The number of hydrogen-bond acceptors (Lipinski definition) is 5. The lowest BCUT2D eigenvalue weighted by atomic mass is 9.84. The molecule has 0 saturated carbocycles. The number of allylic oxidation sites excluding steroid dienone is 4. The van der Waals surface area contributed by atoms with Crippen LogP contribution < -0.4 is 4.74 Å². The normalized spacial score (nSPS) is 20.6. The van der Waals surface area contributed by atoms with Crippen molar-refractivity contribution in [2.75, 3.05) is 7.11 Å². The first-order chi connectivity index (χ1) is 16.4. The Bertz CT molecular complexity index is 1320. The van der Waals surface area contributed by atoms with Gasteiger partial charge in [-0.05, 0) is 43.5 Å². The van der Waals surface area contributed by atoms with Crippen LogP contribution in [-0.4, -0.2) is 42.6 Å². The largest absolute Gasteiger partial charge is 0.493 e. The molecule has 0 aromatic carbocycles. The van der Waals surface area contributed by atoms with Crippen LogP contribution in [0.1, 0.15) is 48.1 Å². The number of rotatable bonds is 5. The first-order valence-electron chi connectivity index (χ1n) is 11.0. The number of pyridine rings is 1. The molecule has 0 spiro atoms. The molecule has 7 nitrogen and oxygen atoms in total. The minimum atomic E-state index is -1.70. The number of aryl methyl sites for hydroxylation is 2. The number of halogens is 3. The van der Waals surface area contributed by atoms with E-state index in [1.54, 1.807) is 41.0 Å². The number of imidazole rings is 1. The number of alkyl halides is 1. The van der Waals surface area contributed by atoms with E-state index in [1.807, 2.05) is 19.2 Å². The highest BCUT2D eigenvalue weighted by Crippen LogP contribution is 2.41. The monoisotopic (exact) mass is 468 g/mol. The summed E-state index contributed by atoms with van der Waals surface area (Å²) in [5.41, 5.74) is 1.60. The van der Waals surface area contributed by atoms with Crippen molar-refractivity contribution in [3.05, 3.63) is 71.0 Å². The zero-order valence-corrected chi connectivity index (χ0v) is 18.8. The van der Waals surface area contributed by atoms with Crippen molar-refractivity contribution in [2.45, 2.75) is 44.8 Å². The molecule has 0 fully saturated rings. The van der Waals surface area contributed by atoms with E-state index >= 15 is 0 Å². The van der Waals surface area contributed by atoms with Crippen molar-refractivity contribution in [3.63, 3.8) is 0 Å². The van der Waals surface area contributed by atoms with Gasteiger partial charge >= 0.3 is 0 Å². The number of fused-ring (bicyclic) bond motifs is 1. The maximum Gasteiger partial charge on any atom is 0.180 e. The van der Waals surface area contributed by atoms with Gasteiger partial charge in [-0.25, -0.2) is 32.8 Å². The maximum absolute atomic E-state index is 14.6. The van der Waals surface area contributed by atoms with Gasteiger partial charge in [0.2, 0.25) is 0 Å². The number of hydrogen-bond donors (Lipinski definition) is 0. The summed E-state index contributed by atoms with van der Waals surface area (Å²) in [6, 6.07) is 1.84. The van der Waals surface area contributed by atoms with E-state index < -0.39 is 30.2 Å². The van der Waals surface area contributed by atoms with Crippen molar-refractivity contribution >= 4 is 12.2 Å². The molecule has 0 N–H and O–H groups in total. The van der Waals surface area contributed by atoms with Gasteiger partial charge in [0.05, 0.1) is 12.8 Å². The smallest absolute Gasteiger partial charge is 0.180 e. The average molecular weight is 468 g/mol. The van der Waals surface area contributed by atoms with E-state index in [4.69, 9.17) is 4.74 Å². The molecule has 1 unspecified atom stereocenters. The topological polar surface area (TPSA) is 70.7 Å². The van der Waals surface area contributed by atoms with Crippen molar-refractivity contribution in [1.29, 1.82) is 0 Å².